The van der Waals surface area contributed by atoms with Gasteiger partial charge in [0.1, 0.15) is 5.78 Å². The number of hydrazine groups is 1. The van der Waals surface area contributed by atoms with E-state index in [1.165, 1.54) is 6.92 Å². The van der Waals surface area contributed by atoms with Crippen molar-refractivity contribution < 1.29 is 9.90 Å². The molecule has 0 radical (unpaired) electrons. The van der Waals surface area contributed by atoms with Crippen LogP contribution in [0.5, 0.6) is 0 Å². The predicted molar refractivity (Wildman–Crippen MR) is 33.5 cm³/mol. The first-order valence-corrected chi connectivity index (χ1v) is 2.79. The molecule has 0 fully saturated rings. The Balaban J connectivity index is 3.54. The first kappa shape index (κ1) is 8.55. The molecule has 0 heterocycles. The maximum Gasteiger partial charge on any atom is 0.148 e. The third-order valence-electron chi connectivity index (χ3n) is 1.11. The van der Waals surface area contributed by atoms with Crippen LogP contribution in [-0.2, 0) is 4.79 Å². The molecule has 0 rings (SSSR count). The topological polar surface area (TPSA) is 75.3 Å². The van der Waals surface area contributed by atoms with E-state index in [0.717, 1.165) is 0 Å². The molecule has 0 unspecified atom stereocenters. The summed E-state index contributed by atoms with van der Waals surface area (Å²) < 4.78 is 0. The molecule has 0 saturated heterocycles. The first-order chi connectivity index (χ1) is 4.22. The van der Waals surface area contributed by atoms with Gasteiger partial charge in [0, 0.05) is 6.61 Å². The summed E-state index contributed by atoms with van der Waals surface area (Å²) >= 11 is 0. The van der Waals surface area contributed by atoms with Gasteiger partial charge in [-0.2, -0.15) is 0 Å². The van der Waals surface area contributed by atoms with Gasteiger partial charge in [-0.25, -0.2) is 5.43 Å². The first-order valence-electron chi connectivity index (χ1n) is 2.79. The van der Waals surface area contributed by atoms with E-state index in [2.05, 4.69) is 5.43 Å². The van der Waals surface area contributed by atoms with Crippen molar-refractivity contribution in [1.29, 1.82) is 0 Å². The minimum atomic E-state index is -0.394. The monoisotopic (exact) mass is 132 g/mol. The highest BCUT2D eigenvalue weighted by Gasteiger charge is 2.09. The molecule has 0 aliphatic heterocycles. The Kier molecular flexibility index (Phi) is 4.21. The molecule has 54 valence electrons. The number of carbonyl (C=O) groups is 1. The van der Waals surface area contributed by atoms with Crippen LogP contribution in [0.2, 0.25) is 0 Å². The molecular weight excluding hydrogens is 120 g/mol. The number of aliphatic hydroxyl groups excluding tert-OH is 1. The van der Waals surface area contributed by atoms with Gasteiger partial charge in [0.25, 0.3) is 0 Å². The average molecular weight is 132 g/mol. The number of nitrogens with one attached hydrogen (secondary N) is 1. The van der Waals surface area contributed by atoms with Crippen molar-refractivity contribution in [3.63, 3.8) is 0 Å². The lowest BCUT2D eigenvalue weighted by Gasteiger charge is -2.08. The number of hydrogen-bond donors (Lipinski definition) is 3. The number of rotatable bonds is 4. The molecule has 1 atom stereocenters. The van der Waals surface area contributed by atoms with Crippen LogP contribution in [0.4, 0.5) is 0 Å². The van der Waals surface area contributed by atoms with Crippen LogP contribution < -0.4 is 11.3 Å². The number of hydrogen-bond acceptors (Lipinski definition) is 4. The van der Waals surface area contributed by atoms with Gasteiger partial charge in [0.05, 0.1) is 6.04 Å². The zero-order valence-corrected chi connectivity index (χ0v) is 5.42. The average Bonchev–Trinajstić information content (AvgIpc) is 1.82. The minimum Gasteiger partial charge on any atom is -0.396 e. The van der Waals surface area contributed by atoms with Crippen LogP contribution in [0.3, 0.4) is 0 Å². The SMILES string of the molecule is CC(=O)[C@H](CCO)NN. The molecule has 9 heavy (non-hydrogen) atoms. The summed E-state index contributed by atoms with van der Waals surface area (Å²) in [7, 11) is 0. The van der Waals surface area contributed by atoms with Gasteiger partial charge < -0.3 is 5.11 Å². The Morgan fingerprint density at radius 3 is 2.56 bits per heavy atom. The fraction of sp³-hybridized carbons (Fsp3) is 0.800. The van der Waals surface area contributed by atoms with Crippen molar-refractivity contribution in [2.75, 3.05) is 6.61 Å². The third-order valence-corrected chi connectivity index (χ3v) is 1.11. The Morgan fingerprint density at radius 1 is 1.89 bits per heavy atom. The number of nitrogens with two attached hydrogens (primary N) is 1. The standard InChI is InChI=1S/C5H12N2O2/c1-4(9)5(7-6)2-3-8/h5,7-8H,2-3,6H2,1H3/t5-/m0/s1. The van der Waals surface area contributed by atoms with Crippen molar-refractivity contribution in [3.8, 4) is 0 Å². The number of aliphatic hydroxyl groups is 1. The fourth-order valence-electron chi connectivity index (χ4n) is 0.533. The number of carbonyl (C=O) groups excluding carboxylic acids is 1. The molecule has 4 nitrogen and oxygen atoms in total. The van der Waals surface area contributed by atoms with Crippen molar-refractivity contribution in [1.82, 2.24) is 5.43 Å². The molecule has 4 heteroatoms. The quantitative estimate of drug-likeness (QED) is 0.331. The minimum absolute atomic E-state index is 0.0194. The lowest BCUT2D eigenvalue weighted by atomic mass is 10.1. The summed E-state index contributed by atoms with van der Waals surface area (Å²) in [5, 5.41) is 8.37. The Morgan fingerprint density at radius 2 is 2.44 bits per heavy atom. The Hall–Kier alpha value is -0.450. The van der Waals surface area contributed by atoms with Gasteiger partial charge in [-0.15, -0.1) is 0 Å². The van der Waals surface area contributed by atoms with Gasteiger partial charge in [-0.3, -0.25) is 10.6 Å². The molecule has 0 saturated carbocycles. The fourth-order valence-corrected chi connectivity index (χ4v) is 0.533. The van der Waals surface area contributed by atoms with E-state index in [9.17, 15) is 4.79 Å². The molecule has 0 aromatic carbocycles. The second-order valence-corrected chi connectivity index (χ2v) is 1.84. The van der Waals surface area contributed by atoms with E-state index in [-0.39, 0.29) is 12.4 Å². The van der Waals surface area contributed by atoms with Crippen molar-refractivity contribution >= 4 is 5.78 Å². The Bertz CT molecular complexity index is 95.0. The summed E-state index contributed by atoms with van der Waals surface area (Å²) in [5.74, 6) is 4.93. The zero-order valence-electron chi connectivity index (χ0n) is 5.42. The second kappa shape index (κ2) is 4.43. The van der Waals surface area contributed by atoms with Crippen LogP contribution in [0.15, 0.2) is 0 Å². The highest BCUT2D eigenvalue weighted by Crippen LogP contribution is 1.88. The van der Waals surface area contributed by atoms with E-state index in [0.29, 0.717) is 6.42 Å². The molecule has 0 amide bonds. The van der Waals surface area contributed by atoms with Crippen LogP contribution in [0.1, 0.15) is 13.3 Å². The lowest BCUT2D eigenvalue weighted by molar-refractivity contribution is -0.119. The van der Waals surface area contributed by atoms with Crippen molar-refractivity contribution in [3.05, 3.63) is 0 Å². The van der Waals surface area contributed by atoms with Crippen molar-refractivity contribution in [2.45, 2.75) is 19.4 Å². The van der Waals surface area contributed by atoms with Gasteiger partial charge in [0.2, 0.25) is 0 Å². The van der Waals surface area contributed by atoms with Crippen molar-refractivity contribution in [2.24, 2.45) is 5.84 Å². The molecule has 0 aromatic heterocycles. The summed E-state index contributed by atoms with van der Waals surface area (Å²) in [4.78, 5) is 10.5. The second-order valence-electron chi connectivity index (χ2n) is 1.84. The number of Topliss-reactive ketones (excluding diaryl/α,β-unsaturated/α-hetero) is 1. The van der Waals surface area contributed by atoms with E-state index in [1.54, 1.807) is 0 Å². The third kappa shape index (κ3) is 3.18. The summed E-state index contributed by atoms with van der Waals surface area (Å²) in [5.41, 5.74) is 2.29. The maximum absolute atomic E-state index is 10.5. The summed E-state index contributed by atoms with van der Waals surface area (Å²) in [6.07, 6.45) is 0.381. The maximum atomic E-state index is 10.5. The largest absolute Gasteiger partial charge is 0.396 e. The lowest BCUT2D eigenvalue weighted by Crippen LogP contribution is -2.40. The van der Waals surface area contributed by atoms with Crippen LogP contribution in [0.25, 0.3) is 0 Å². The number of ketones is 1. The van der Waals surface area contributed by atoms with Gasteiger partial charge in [0.15, 0.2) is 0 Å². The molecule has 0 aromatic rings. The molecule has 0 aliphatic rings. The van der Waals surface area contributed by atoms with E-state index in [1.807, 2.05) is 0 Å². The molecule has 4 N–H and O–H groups in total. The summed E-state index contributed by atoms with van der Waals surface area (Å²) in [6, 6.07) is -0.394. The molecule has 0 spiro atoms. The highest BCUT2D eigenvalue weighted by molar-refractivity contribution is 5.81. The summed E-state index contributed by atoms with van der Waals surface area (Å²) in [6.45, 7) is 1.41. The van der Waals surface area contributed by atoms with Gasteiger partial charge in [-0.05, 0) is 13.3 Å². The van der Waals surface area contributed by atoms with Crippen LogP contribution >= 0.6 is 0 Å². The zero-order chi connectivity index (χ0) is 7.28. The van der Waals surface area contributed by atoms with Gasteiger partial charge in [-0.1, -0.05) is 0 Å². The highest BCUT2D eigenvalue weighted by atomic mass is 16.3. The van der Waals surface area contributed by atoms with Crippen LogP contribution in [-0.4, -0.2) is 23.5 Å². The van der Waals surface area contributed by atoms with Gasteiger partial charge >= 0.3 is 0 Å². The molecule has 0 aliphatic carbocycles. The van der Waals surface area contributed by atoms with Crippen LogP contribution in [0, 0.1) is 0 Å². The Labute approximate surface area is 54.0 Å². The normalized spacial score (nSPS) is 13.2. The molecular formula is C5H12N2O2. The van der Waals surface area contributed by atoms with E-state index >= 15 is 0 Å². The van der Waals surface area contributed by atoms with E-state index < -0.39 is 6.04 Å². The smallest absolute Gasteiger partial charge is 0.148 e. The van der Waals surface area contributed by atoms with E-state index in [4.69, 9.17) is 10.9 Å². The predicted octanol–water partition coefficient (Wildman–Crippen LogP) is -1.21. The molecule has 0 bridgehead atoms.